The van der Waals surface area contributed by atoms with E-state index in [1.807, 2.05) is 36.4 Å². The molecule has 0 saturated heterocycles. The van der Waals surface area contributed by atoms with Crippen molar-refractivity contribution in [2.24, 2.45) is 0 Å². The molecule has 0 unspecified atom stereocenters. The molecule has 0 aliphatic carbocycles. The van der Waals surface area contributed by atoms with Gasteiger partial charge in [-0.1, -0.05) is 36.4 Å². The van der Waals surface area contributed by atoms with Crippen LogP contribution in [0.5, 0.6) is 0 Å². The van der Waals surface area contributed by atoms with E-state index >= 15 is 0 Å². The van der Waals surface area contributed by atoms with Gasteiger partial charge in [-0.05, 0) is 0 Å². The van der Waals surface area contributed by atoms with E-state index in [0.29, 0.717) is 0 Å². The maximum Gasteiger partial charge on any atom is -0.0623 e. The summed E-state index contributed by atoms with van der Waals surface area (Å²) in [7, 11) is 0. The molecule has 0 aromatic heterocycles. The minimum absolute atomic E-state index is 0.750. The van der Waals surface area contributed by atoms with Crippen LogP contribution in [0.4, 0.5) is 0 Å². The summed E-state index contributed by atoms with van der Waals surface area (Å²) in [4.78, 5) is 0. The van der Waals surface area contributed by atoms with Crippen molar-refractivity contribution < 1.29 is 3.78 Å². The average Bonchev–Trinajstić information content (AvgIpc) is 1.96. The van der Waals surface area contributed by atoms with Crippen LogP contribution in [0.2, 0.25) is 0 Å². The van der Waals surface area contributed by atoms with E-state index in [2.05, 4.69) is 0 Å². The normalized spacial score (nSPS) is 6.50. The van der Waals surface area contributed by atoms with Crippen molar-refractivity contribution in [3.63, 3.8) is 0 Å². The van der Waals surface area contributed by atoms with Gasteiger partial charge in [-0.25, -0.2) is 0 Å². The van der Waals surface area contributed by atoms with Gasteiger partial charge in [0.15, 0.2) is 0 Å². The van der Waals surface area contributed by atoms with Gasteiger partial charge in [0.2, 0.25) is 0 Å². The monoisotopic (exact) mass is 168 g/mol. The Labute approximate surface area is 57.2 Å². The van der Waals surface area contributed by atoms with Crippen LogP contribution in [0.3, 0.4) is 0 Å². The molecule has 1 nitrogen and oxygen atoms in total. The largest absolute Gasteiger partial charge is 0.0623 e. The summed E-state index contributed by atoms with van der Waals surface area (Å²) in [5.41, 5.74) is 0. The fourth-order valence-corrected chi connectivity index (χ4v) is 0.385. The minimum atomic E-state index is 0.750. The van der Waals surface area contributed by atoms with Crippen molar-refractivity contribution in [3.8, 4) is 0 Å². The Kier molecular flexibility index (Phi) is 6.20. The second kappa shape index (κ2) is 6.56. The zero-order valence-electron chi connectivity index (χ0n) is 4.37. The van der Waals surface area contributed by atoms with Gasteiger partial charge in [0, 0.05) is 0 Å². The molecule has 8 heavy (non-hydrogen) atoms. The molecule has 0 spiro atoms. The Morgan fingerprint density at radius 3 is 0.875 bits per heavy atom. The summed E-state index contributed by atoms with van der Waals surface area (Å²) in [5.74, 6) is 0. The van der Waals surface area contributed by atoms with Gasteiger partial charge in [-0.15, -0.1) is 0 Å². The van der Waals surface area contributed by atoms with Crippen LogP contribution in [0.25, 0.3) is 0 Å². The van der Waals surface area contributed by atoms with Crippen LogP contribution in [-0.4, -0.2) is 16.5 Å². The molecule has 1 rings (SSSR count). The fraction of sp³-hybridized carbons (Fsp3) is 0. The van der Waals surface area contributed by atoms with E-state index in [1.165, 1.54) is 0 Å². The summed E-state index contributed by atoms with van der Waals surface area (Å²) < 4.78 is 8.25. The molecule has 2 heteroatoms. The molecule has 0 amide bonds. The first-order valence-electron chi connectivity index (χ1n) is 2.20. The maximum absolute atomic E-state index is 8.25. The molecule has 0 heterocycles. The second-order valence-electron chi connectivity index (χ2n) is 1.15. The third-order valence-corrected chi connectivity index (χ3v) is 0.667. The third kappa shape index (κ3) is 3.74. The molecule has 2 radical (unpaired) electrons. The Morgan fingerprint density at radius 2 is 0.750 bits per heavy atom. The van der Waals surface area contributed by atoms with Crippen molar-refractivity contribution in [2.45, 2.75) is 0 Å². The summed E-state index contributed by atoms with van der Waals surface area (Å²) in [5, 5.41) is 0. The minimum Gasteiger partial charge on any atom is -0.0623 e. The van der Waals surface area contributed by atoms with Gasteiger partial charge in [-0.3, -0.25) is 0 Å². The molecule has 0 bridgehead atoms. The number of hydrogen-bond acceptors (Lipinski definition) is 1. The van der Waals surface area contributed by atoms with Crippen molar-refractivity contribution in [1.82, 2.24) is 0 Å². The molecule has 1 aromatic rings. The predicted octanol–water partition coefficient (Wildman–Crippen LogP) is 1.19. The van der Waals surface area contributed by atoms with E-state index in [-0.39, 0.29) is 0 Å². The maximum atomic E-state index is 8.25. The quantitative estimate of drug-likeness (QED) is 0.530. The van der Waals surface area contributed by atoms with Gasteiger partial charge < -0.3 is 0 Å². The SMILES string of the molecule is [O]=[Ge].c1ccccc1. The zero-order chi connectivity index (χ0) is 6.24. The molecule has 0 atom stereocenters. The van der Waals surface area contributed by atoms with E-state index in [0.717, 1.165) is 16.5 Å². The molecule has 0 N–H and O–H groups in total. The predicted molar refractivity (Wildman–Crippen MR) is 32.9 cm³/mol. The third-order valence-electron chi connectivity index (χ3n) is 0.667. The Morgan fingerprint density at radius 1 is 0.625 bits per heavy atom. The Hall–Kier alpha value is -0.437. The first-order chi connectivity index (χ1) is 4.00. The van der Waals surface area contributed by atoms with Crippen molar-refractivity contribution >= 4 is 16.5 Å². The standard InChI is InChI=1S/C6H6.GeO/c1-2-4-6-5-3-1;1-2/h1-6H;. The van der Waals surface area contributed by atoms with Gasteiger partial charge in [0.05, 0.1) is 0 Å². The van der Waals surface area contributed by atoms with Gasteiger partial charge in [0.25, 0.3) is 0 Å². The first kappa shape index (κ1) is 7.56. The molecule has 0 aliphatic heterocycles. The Balaban J connectivity index is 0.000000222. The van der Waals surface area contributed by atoms with E-state index in [4.69, 9.17) is 3.78 Å². The number of rotatable bonds is 0. The van der Waals surface area contributed by atoms with E-state index in [1.54, 1.807) is 0 Å². The summed E-state index contributed by atoms with van der Waals surface area (Å²) >= 11 is 0.750. The average molecular weight is 167 g/mol. The number of benzene rings is 1. The van der Waals surface area contributed by atoms with Crippen LogP contribution < -0.4 is 0 Å². The molecule has 0 aliphatic rings. The summed E-state index contributed by atoms with van der Waals surface area (Å²) in [6.45, 7) is 0. The molecule has 0 fully saturated rings. The van der Waals surface area contributed by atoms with Crippen LogP contribution in [0.1, 0.15) is 0 Å². The van der Waals surface area contributed by atoms with Crippen molar-refractivity contribution in [3.05, 3.63) is 36.4 Å². The summed E-state index contributed by atoms with van der Waals surface area (Å²) in [6, 6.07) is 12.0. The van der Waals surface area contributed by atoms with Crippen LogP contribution in [0, 0.1) is 0 Å². The van der Waals surface area contributed by atoms with Crippen molar-refractivity contribution in [2.75, 3.05) is 0 Å². The van der Waals surface area contributed by atoms with Gasteiger partial charge in [-0.2, -0.15) is 0 Å². The zero-order valence-corrected chi connectivity index (χ0v) is 6.47. The molecule has 0 saturated carbocycles. The Bertz CT molecular complexity index is 91.4. The molecule has 1 aromatic carbocycles. The topological polar surface area (TPSA) is 17.1 Å². The first-order valence-corrected chi connectivity index (χ1v) is 3.06. The van der Waals surface area contributed by atoms with Crippen LogP contribution in [0.15, 0.2) is 36.4 Å². The van der Waals surface area contributed by atoms with E-state index in [9.17, 15) is 0 Å². The van der Waals surface area contributed by atoms with Gasteiger partial charge >= 0.3 is 20.2 Å². The van der Waals surface area contributed by atoms with Crippen LogP contribution >= 0.6 is 0 Å². The van der Waals surface area contributed by atoms with E-state index < -0.39 is 0 Å². The number of hydrogen-bond donors (Lipinski definition) is 0. The van der Waals surface area contributed by atoms with Crippen LogP contribution in [-0.2, 0) is 3.78 Å². The molecule has 40 valence electrons. The second-order valence-corrected chi connectivity index (χ2v) is 1.15. The fourth-order valence-electron chi connectivity index (χ4n) is 0.385. The smallest absolute Gasteiger partial charge is 0.0623 e. The summed E-state index contributed by atoms with van der Waals surface area (Å²) in [6.07, 6.45) is 0. The van der Waals surface area contributed by atoms with Gasteiger partial charge in [0.1, 0.15) is 0 Å². The molecular weight excluding hydrogens is 161 g/mol. The molecular formula is C6H6GeO. The van der Waals surface area contributed by atoms with Crippen molar-refractivity contribution in [1.29, 1.82) is 0 Å².